The molecule has 2 aromatic heterocycles. The Morgan fingerprint density at radius 1 is 1.09 bits per heavy atom. The van der Waals surface area contributed by atoms with Crippen LogP contribution in [-0.4, -0.2) is 48.4 Å². The molecule has 1 aliphatic rings. The zero-order valence-electron chi connectivity index (χ0n) is 12.5. The van der Waals surface area contributed by atoms with Gasteiger partial charge in [0, 0.05) is 41.0 Å². The van der Waals surface area contributed by atoms with Crippen molar-refractivity contribution in [2.24, 2.45) is 0 Å². The molecule has 3 aromatic rings. The molecule has 22 heavy (non-hydrogen) atoms. The first-order valence-corrected chi connectivity index (χ1v) is 9.32. The highest BCUT2D eigenvalue weighted by molar-refractivity contribution is 7.33. The van der Waals surface area contributed by atoms with Crippen LogP contribution in [0, 0.1) is 0 Å². The van der Waals surface area contributed by atoms with Crippen LogP contribution in [0.25, 0.3) is 19.5 Å². The van der Waals surface area contributed by atoms with Crippen LogP contribution in [0.15, 0.2) is 30.3 Å². The molecule has 0 bridgehead atoms. The largest absolute Gasteiger partial charge is 0.335 e. The van der Waals surface area contributed by atoms with E-state index in [0.717, 1.165) is 37.6 Å². The number of carbonyl (C=O) groups excluding carboxylic acids is 1. The van der Waals surface area contributed by atoms with Crippen molar-refractivity contribution in [3.05, 3.63) is 35.2 Å². The Labute approximate surface area is 137 Å². The van der Waals surface area contributed by atoms with Crippen LogP contribution in [-0.2, 0) is 0 Å². The first kappa shape index (κ1) is 14.2. The van der Waals surface area contributed by atoms with Crippen molar-refractivity contribution in [1.82, 2.24) is 9.80 Å². The predicted octanol–water partition coefficient (Wildman–Crippen LogP) is 3.89. The number of carbonyl (C=O) groups is 1. The van der Waals surface area contributed by atoms with Crippen molar-refractivity contribution in [2.75, 3.05) is 32.7 Å². The summed E-state index contributed by atoms with van der Waals surface area (Å²) in [6, 6.07) is 10.5. The molecule has 1 amide bonds. The van der Waals surface area contributed by atoms with Gasteiger partial charge in [-0.25, -0.2) is 0 Å². The fraction of sp³-hybridized carbons (Fsp3) is 0.353. The molecule has 0 atom stereocenters. The highest BCUT2D eigenvalue weighted by Gasteiger charge is 2.23. The molecule has 0 aliphatic carbocycles. The third-order valence-electron chi connectivity index (χ3n) is 4.37. The molecule has 0 saturated carbocycles. The lowest BCUT2D eigenvalue weighted by molar-refractivity contribution is 0.0648. The van der Waals surface area contributed by atoms with Gasteiger partial charge in [-0.15, -0.1) is 22.7 Å². The molecule has 4 rings (SSSR count). The minimum Gasteiger partial charge on any atom is -0.335 e. The van der Waals surface area contributed by atoms with Gasteiger partial charge >= 0.3 is 0 Å². The van der Waals surface area contributed by atoms with E-state index in [4.69, 9.17) is 0 Å². The summed E-state index contributed by atoms with van der Waals surface area (Å²) in [6.45, 7) is 6.92. The molecule has 3 nitrogen and oxygen atoms in total. The van der Waals surface area contributed by atoms with E-state index in [-0.39, 0.29) is 5.91 Å². The summed E-state index contributed by atoms with van der Waals surface area (Å²) in [7, 11) is 0. The van der Waals surface area contributed by atoms with Crippen molar-refractivity contribution in [2.45, 2.75) is 6.92 Å². The third kappa shape index (κ3) is 2.33. The van der Waals surface area contributed by atoms with E-state index in [0.29, 0.717) is 0 Å². The first-order valence-electron chi connectivity index (χ1n) is 7.69. The summed E-state index contributed by atoms with van der Waals surface area (Å²) < 4.78 is 3.80. The third-order valence-corrected chi connectivity index (χ3v) is 6.77. The first-order chi connectivity index (χ1) is 10.8. The lowest BCUT2D eigenvalue weighted by atomic mass is 10.2. The summed E-state index contributed by atoms with van der Waals surface area (Å²) >= 11 is 3.43. The summed E-state index contributed by atoms with van der Waals surface area (Å²) in [5.41, 5.74) is 0. The van der Waals surface area contributed by atoms with Crippen molar-refractivity contribution in [1.29, 1.82) is 0 Å². The zero-order chi connectivity index (χ0) is 15.1. The molecule has 114 valence electrons. The van der Waals surface area contributed by atoms with Crippen LogP contribution >= 0.6 is 22.7 Å². The highest BCUT2D eigenvalue weighted by Crippen LogP contribution is 2.39. The number of hydrogen-bond acceptors (Lipinski definition) is 4. The normalized spacial score (nSPS) is 16.7. The second-order valence-corrected chi connectivity index (χ2v) is 7.76. The maximum absolute atomic E-state index is 12.7. The van der Waals surface area contributed by atoms with Gasteiger partial charge in [-0.1, -0.05) is 25.1 Å². The summed E-state index contributed by atoms with van der Waals surface area (Å²) in [4.78, 5) is 18.0. The van der Waals surface area contributed by atoms with E-state index < -0.39 is 0 Å². The van der Waals surface area contributed by atoms with Crippen molar-refractivity contribution >= 4 is 48.1 Å². The van der Waals surface area contributed by atoms with Crippen LogP contribution in [0.5, 0.6) is 0 Å². The molecule has 1 aliphatic heterocycles. The molecule has 0 spiro atoms. The fourth-order valence-corrected chi connectivity index (χ4v) is 5.52. The maximum Gasteiger partial charge on any atom is 0.264 e. The number of amides is 1. The van der Waals surface area contributed by atoms with Crippen LogP contribution in [0.2, 0.25) is 0 Å². The SMILES string of the molecule is CCN1CCN(C(=O)c2cc3sc4ccccc4c3s2)CC1. The number of piperazine rings is 1. The molecule has 0 N–H and O–H groups in total. The lowest BCUT2D eigenvalue weighted by Crippen LogP contribution is -2.48. The Hall–Kier alpha value is -1.43. The monoisotopic (exact) mass is 330 g/mol. The molecule has 3 heterocycles. The van der Waals surface area contributed by atoms with Crippen LogP contribution in [0.3, 0.4) is 0 Å². The van der Waals surface area contributed by atoms with Gasteiger partial charge in [0.1, 0.15) is 0 Å². The van der Waals surface area contributed by atoms with Gasteiger partial charge < -0.3 is 9.80 Å². The highest BCUT2D eigenvalue weighted by atomic mass is 32.1. The Kier molecular flexibility index (Phi) is 3.64. The van der Waals surface area contributed by atoms with E-state index in [1.54, 1.807) is 22.7 Å². The summed E-state index contributed by atoms with van der Waals surface area (Å²) in [6.07, 6.45) is 0. The van der Waals surface area contributed by atoms with E-state index in [2.05, 4.69) is 42.2 Å². The lowest BCUT2D eigenvalue weighted by Gasteiger charge is -2.33. The number of hydrogen-bond donors (Lipinski definition) is 0. The fourth-order valence-electron chi connectivity index (χ4n) is 3.03. The van der Waals surface area contributed by atoms with E-state index >= 15 is 0 Å². The Balaban J connectivity index is 1.62. The quantitative estimate of drug-likeness (QED) is 0.711. The molecule has 1 saturated heterocycles. The average molecular weight is 330 g/mol. The second-order valence-electron chi connectivity index (χ2n) is 5.63. The number of nitrogens with zero attached hydrogens (tertiary/aromatic N) is 2. The minimum atomic E-state index is 0.202. The Morgan fingerprint density at radius 3 is 2.64 bits per heavy atom. The zero-order valence-corrected chi connectivity index (χ0v) is 14.2. The van der Waals surface area contributed by atoms with Crippen LogP contribution in [0.4, 0.5) is 0 Å². The Bertz CT molecular complexity index is 828. The molecular weight excluding hydrogens is 312 g/mol. The molecule has 1 fully saturated rings. The van der Waals surface area contributed by atoms with E-state index in [1.165, 1.54) is 19.5 Å². The minimum absolute atomic E-state index is 0.202. The van der Waals surface area contributed by atoms with Crippen molar-refractivity contribution < 1.29 is 4.79 Å². The van der Waals surface area contributed by atoms with Crippen molar-refractivity contribution in [3.8, 4) is 0 Å². The van der Waals surface area contributed by atoms with Crippen molar-refractivity contribution in [3.63, 3.8) is 0 Å². The number of benzene rings is 1. The standard InChI is InChI=1S/C17H18N2OS2/c1-2-18-7-9-19(10-8-18)17(20)15-11-14-16(22-15)12-5-3-4-6-13(12)21-14/h3-6,11H,2,7-10H2,1H3. The number of fused-ring (bicyclic) bond motifs is 3. The summed E-state index contributed by atoms with van der Waals surface area (Å²) in [5, 5.41) is 1.28. The average Bonchev–Trinajstić information content (AvgIpc) is 3.12. The predicted molar refractivity (Wildman–Crippen MR) is 95.2 cm³/mol. The molecule has 0 unspecified atom stereocenters. The van der Waals surface area contributed by atoms with E-state index in [9.17, 15) is 4.79 Å². The van der Waals surface area contributed by atoms with Gasteiger partial charge in [0.2, 0.25) is 0 Å². The van der Waals surface area contributed by atoms with Gasteiger partial charge in [0.05, 0.1) is 9.58 Å². The van der Waals surface area contributed by atoms with Gasteiger partial charge in [-0.3, -0.25) is 4.79 Å². The Morgan fingerprint density at radius 2 is 1.86 bits per heavy atom. The van der Waals surface area contributed by atoms with Gasteiger partial charge in [-0.2, -0.15) is 0 Å². The van der Waals surface area contributed by atoms with Crippen LogP contribution in [0.1, 0.15) is 16.6 Å². The second kappa shape index (κ2) is 5.65. The maximum atomic E-state index is 12.7. The number of likely N-dealkylation sites (N-methyl/N-ethyl adjacent to an activating group) is 1. The van der Waals surface area contributed by atoms with Gasteiger partial charge in [-0.05, 0) is 18.7 Å². The molecule has 0 radical (unpaired) electrons. The molecule has 5 heteroatoms. The number of thiophene rings is 2. The molecule has 1 aromatic carbocycles. The van der Waals surface area contributed by atoms with Gasteiger partial charge in [0.15, 0.2) is 0 Å². The summed E-state index contributed by atoms with van der Waals surface area (Å²) in [5.74, 6) is 0.202. The topological polar surface area (TPSA) is 23.6 Å². The smallest absolute Gasteiger partial charge is 0.264 e. The van der Waals surface area contributed by atoms with Gasteiger partial charge in [0.25, 0.3) is 5.91 Å². The molecular formula is C17H18N2OS2. The van der Waals surface area contributed by atoms with Crippen LogP contribution < -0.4 is 0 Å². The number of rotatable bonds is 2. The van der Waals surface area contributed by atoms with E-state index in [1.807, 2.05) is 4.90 Å².